The van der Waals surface area contributed by atoms with Crippen molar-refractivity contribution in [2.24, 2.45) is 4.99 Å². The summed E-state index contributed by atoms with van der Waals surface area (Å²) in [6.45, 7) is 0. The molecule has 2 unspecified atom stereocenters. The van der Waals surface area contributed by atoms with E-state index in [1.165, 1.54) is 28.4 Å². The molecule has 1 aliphatic carbocycles. The summed E-state index contributed by atoms with van der Waals surface area (Å²) in [7, 11) is 1.65. The maximum Gasteiger partial charge on any atom is 0.197 e. The molecular formula is C25H22ClFN8O2S. The van der Waals surface area contributed by atoms with Crippen molar-refractivity contribution in [3.8, 4) is 17.2 Å². The highest BCUT2D eigenvalue weighted by Gasteiger charge is 2.32. The van der Waals surface area contributed by atoms with Crippen molar-refractivity contribution >= 4 is 39.7 Å². The van der Waals surface area contributed by atoms with Crippen molar-refractivity contribution in [3.63, 3.8) is 0 Å². The quantitative estimate of drug-likeness (QED) is 0.321. The number of aromatic nitrogens is 7. The van der Waals surface area contributed by atoms with Gasteiger partial charge in [0.15, 0.2) is 12.0 Å². The van der Waals surface area contributed by atoms with Crippen molar-refractivity contribution in [2.75, 3.05) is 7.11 Å². The van der Waals surface area contributed by atoms with Gasteiger partial charge in [-0.2, -0.15) is 10.2 Å². The highest BCUT2D eigenvalue weighted by molar-refractivity contribution is 7.15. The predicted molar refractivity (Wildman–Crippen MR) is 141 cm³/mol. The fourth-order valence-electron chi connectivity index (χ4n) is 4.82. The summed E-state index contributed by atoms with van der Waals surface area (Å²) < 4.78 is 23.3. The normalized spacial score (nSPS) is 19.8. The van der Waals surface area contributed by atoms with E-state index in [1.807, 2.05) is 10.6 Å². The summed E-state index contributed by atoms with van der Waals surface area (Å²) in [5.74, 6) is 0.599. The number of pyridine rings is 1. The lowest BCUT2D eigenvalue weighted by atomic mass is 9.90. The Labute approximate surface area is 225 Å². The molecule has 0 saturated heterocycles. The first kappa shape index (κ1) is 24.7. The van der Waals surface area contributed by atoms with Crippen LogP contribution >= 0.6 is 22.9 Å². The first-order chi connectivity index (χ1) is 18.5. The van der Waals surface area contributed by atoms with Gasteiger partial charge in [0.25, 0.3) is 0 Å². The molecule has 10 nitrogen and oxygen atoms in total. The first-order valence-corrected chi connectivity index (χ1v) is 13.1. The SMILES string of the molecule is CO[C@H]1C/C(=N\C(O)c2ncc(Cl)s2)CC(n2c(-c3ccccc3F)nc3cnc(-n4nccn4)cc32)C1. The molecule has 4 heterocycles. The van der Waals surface area contributed by atoms with E-state index < -0.39 is 6.23 Å². The summed E-state index contributed by atoms with van der Waals surface area (Å²) in [6.07, 6.45) is 6.66. The number of methoxy groups -OCH3 is 1. The lowest BCUT2D eigenvalue weighted by Crippen LogP contribution is -2.30. The zero-order chi connectivity index (χ0) is 26.2. The Bertz CT molecular complexity index is 1620. The Kier molecular flexibility index (Phi) is 6.70. The molecule has 1 saturated carbocycles. The Morgan fingerprint density at radius 3 is 2.74 bits per heavy atom. The Hall–Kier alpha value is -3.58. The van der Waals surface area contributed by atoms with Crippen LogP contribution in [0.1, 0.15) is 36.5 Å². The second kappa shape index (κ2) is 10.3. The van der Waals surface area contributed by atoms with Gasteiger partial charge < -0.3 is 14.4 Å². The van der Waals surface area contributed by atoms with Gasteiger partial charge in [-0.3, -0.25) is 4.99 Å². The van der Waals surface area contributed by atoms with E-state index in [9.17, 15) is 5.11 Å². The molecule has 5 aromatic rings. The number of rotatable bonds is 6. The van der Waals surface area contributed by atoms with Crippen LogP contribution in [-0.4, -0.2) is 58.5 Å². The minimum Gasteiger partial charge on any atom is -0.381 e. The molecule has 1 fully saturated rings. The number of thiazole rings is 1. The van der Waals surface area contributed by atoms with Crippen molar-refractivity contribution < 1.29 is 14.2 Å². The van der Waals surface area contributed by atoms with E-state index in [0.29, 0.717) is 51.3 Å². The van der Waals surface area contributed by atoms with Crippen molar-refractivity contribution in [1.29, 1.82) is 0 Å². The summed E-state index contributed by atoms with van der Waals surface area (Å²) in [4.78, 5) is 19.4. The summed E-state index contributed by atoms with van der Waals surface area (Å²) in [5.41, 5.74) is 2.49. The standard InChI is InChI=1S/C25H22ClFN8O2S/c1-37-16-9-14(32-24(36)25-29-13-21(26)38-25)8-15(10-16)34-20-11-22(35-30-6-7-31-35)28-12-19(20)33-23(34)17-4-2-3-5-18(17)27/h2-7,11-13,15-16,24,36H,8-10H2,1H3/b32-14-/t15?,16-,24?/m0/s1. The zero-order valence-electron chi connectivity index (χ0n) is 20.1. The van der Waals surface area contributed by atoms with Crippen LogP contribution in [0.2, 0.25) is 4.34 Å². The third kappa shape index (κ3) is 4.71. The van der Waals surface area contributed by atoms with Crippen molar-refractivity contribution in [2.45, 2.75) is 37.6 Å². The molecule has 194 valence electrons. The fourth-order valence-corrected chi connectivity index (χ4v) is 5.67. The molecule has 0 aliphatic heterocycles. The molecule has 0 bridgehead atoms. The number of nitrogens with zero attached hydrogens (tertiary/aromatic N) is 8. The molecule has 0 radical (unpaired) electrons. The van der Waals surface area contributed by atoms with Gasteiger partial charge in [-0.05, 0) is 18.6 Å². The van der Waals surface area contributed by atoms with Crippen LogP contribution in [0.3, 0.4) is 0 Å². The van der Waals surface area contributed by atoms with Crippen LogP contribution in [0, 0.1) is 5.82 Å². The van der Waals surface area contributed by atoms with Crippen LogP contribution < -0.4 is 0 Å². The van der Waals surface area contributed by atoms with Crippen LogP contribution in [0.5, 0.6) is 0 Å². The number of halogens is 2. The third-order valence-electron chi connectivity index (χ3n) is 6.49. The van der Waals surface area contributed by atoms with E-state index in [0.717, 1.165) is 11.2 Å². The number of ether oxygens (including phenoxy) is 1. The lowest BCUT2D eigenvalue weighted by molar-refractivity contribution is 0.0799. The fraction of sp³-hybridized carbons (Fsp3) is 0.280. The van der Waals surface area contributed by atoms with Gasteiger partial charge in [0.1, 0.15) is 26.5 Å². The van der Waals surface area contributed by atoms with Gasteiger partial charge in [-0.15, -0.1) is 16.1 Å². The second-order valence-corrected chi connectivity index (χ2v) is 10.6. The average molecular weight is 553 g/mol. The molecule has 13 heteroatoms. The van der Waals surface area contributed by atoms with Crippen LogP contribution in [0.15, 0.2) is 60.1 Å². The molecule has 6 rings (SSSR count). The van der Waals surface area contributed by atoms with Crippen LogP contribution in [0.25, 0.3) is 28.2 Å². The first-order valence-electron chi connectivity index (χ1n) is 11.9. The zero-order valence-corrected chi connectivity index (χ0v) is 21.7. The van der Waals surface area contributed by atoms with Gasteiger partial charge in [-0.1, -0.05) is 23.7 Å². The van der Waals surface area contributed by atoms with Gasteiger partial charge in [0, 0.05) is 37.8 Å². The topological polar surface area (TPSA) is 116 Å². The summed E-state index contributed by atoms with van der Waals surface area (Å²) in [5, 5.41) is 19.5. The number of aliphatic hydroxyl groups excluding tert-OH is 1. The smallest absolute Gasteiger partial charge is 0.197 e. The van der Waals surface area contributed by atoms with E-state index in [2.05, 4.69) is 25.2 Å². The minimum atomic E-state index is -1.13. The number of benzene rings is 1. The van der Waals surface area contributed by atoms with Gasteiger partial charge in [0.2, 0.25) is 0 Å². The van der Waals surface area contributed by atoms with E-state index in [-0.39, 0.29) is 18.0 Å². The lowest BCUT2D eigenvalue weighted by Gasteiger charge is -2.32. The number of fused-ring (bicyclic) bond motifs is 1. The van der Waals surface area contributed by atoms with Crippen LogP contribution in [-0.2, 0) is 4.74 Å². The molecule has 1 N–H and O–H groups in total. The number of aliphatic hydroxyl groups is 1. The molecule has 3 atom stereocenters. The summed E-state index contributed by atoms with van der Waals surface area (Å²) in [6, 6.07) is 8.19. The number of aliphatic imine (C=N–C) groups is 1. The van der Waals surface area contributed by atoms with E-state index in [1.54, 1.807) is 43.9 Å². The maximum absolute atomic E-state index is 15.0. The largest absolute Gasteiger partial charge is 0.381 e. The molecule has 0 spiro atoms. The Morgan fingerprint density at radius 2 is 2.00 bits per heavy atom. The molecule has 1 aromatic carbocycles. The number of imidazole rings is 1. The average Bonchev–Trinajstić information content (AvgIpc) is 3.68. The number of hydrogen-bond acceptors (Lipinski definition) is 9. The minimum absolute atomic E-state index is 0.167. The van der Waals surface area contributed by atoms with E-state index >= 15 is 4.39 Å². The Morgan fingerprint density at radius 1 is 1.18 bits per heavy atom. The highest BCUT2D eigenvalue weighted by atomic mass is 35.5. The third-order valence-corrected chi connectivity index (χ3v) is 7.64. The highest BCUT2D eigenvalue weighted by Crippen LogP contribution is 2.38. The van der Waals surface area contributed by atoms with Crippen molar-refractivity contribution in [3.05, 3.63) is 70.3 Å². The van der Waals surface area contributed by atoms with Gasteiger partial charge in [0.05, 0.1) is 42.0 Å². The predicted octanol–water partition coefficient (Wildman–Crippen LogP) is 4.80. The second-order valence-electron chi connectivity index (χ2n) is 8.86. The maximum atomic E-state index is 15.0. The monoisotopic (exact) mass is 552 g/mol. The molecule has 1 aliphatic rings. The summed E-state index contributed by atoms with van der Waals surface area (Å²) >= 11 is 7.18. The van der Waals surface area contributed by atoms with Gasteiger partial charge in [-0.25, -0.2) is 19.3 Å². The van der Waals surface area contributed by atoms with Gasteiger partial charge >= 0.3 is 0 Å². The van der Waals surface area contributed by atoms with Crippen LogP contribution in [0.4, 0.5) is 4.39 Å². The molecular weight excluding hydrogens is 531 g/mol. The molecule has 4 aromatic heterocycles. The van der Waals surface area contributed by atoms with E-state index in [4.69, 9.17) is 21.3 Å². The number of hydrogen-bond donors (Lipinski definition) is 1. The molecule has 38 heavy (non-hydrogen) atoms. The molecule has 0 amide bonds. The Balaban J connectivity index is 1.48. The van der Waals surface area contributed by atoms with Crippen molar-refractivity contribution in [1.82, 2.24) is 34.5 Å².